The zero-order chi connectivity index (χ0) is 14.5. The van der Waals surface area contributed by atoms with E-state index in [1.165, 1.54) is 0 Å². The van der Waals surface area contributed by atoms with Crippen molar-refractivity contribution in [2.45, 2.75) is 39.7 Å². The van der Waals surface area contributed by atoms with E-state index in [1.54, 1.807) is 0 Å². The Morgan fingerprint density at radius 2 is 2.11 bits per heavy atom. The lowest BCUT2D eigenvalue weighted by atomic mass is 9.61. The molecule has 19 heavy (non-hydrogen) atoms. The average molecular weight is 272 g/mol. The molecule has 5 heteroatoms. The Balaban J connectivity index is 2.43. The van der Waals surface area contributed by atoms with Gasteiger partial charge in [-0.2, -0.15) is 0 Å². The zero-order valence-corrected chi connectivity index (χ0v) is 12.3. The summed E-state index contributed by atoms with van der Waals surface area (Å²) in [6.07, 6.45) is 1.76. The van der Waals surface area contributed by atoms with Crippen molar-refractivity contribution in [1.82, 2.24) is 5.32 Å². The molecule has 3 unspecified atom stereocenters. The lowest BCUT2D eigenvalue weighted by molar-refractivity contribution is -0.132. The first-order chi connectivity index (χ1) is 8.91. The van der Waals surface area contributed by atoms with Gasteiger partial charge in [0, 0.05) is 18.5 Å². The Bertz CT molecular complexity index is 294. The fraction of sp³-hybridized carbons (Fsp3) is 0.929. The number of carbonyl (C=O) groups is 1. The van der Waals surface area contributed by atoms with Crippen LogP contribution in [0.2, 0.25) is 0 Å². The largest absolute Gasteiger partial charge is 0.394 e. The molecular weight excluding hydrogens is 244 g/mol. The Kier molecular flexibility index (Phi) is 6.23. The van der Waals surface area contributed by atoms with Crippen molar-refractivity contribution in [2.24, 2.45) is 23.0 Å². The van der Waals surface area contributed by atoms with Gasteiger partial charge in [0.15, 0.2) is 0 Å². The number of aliphatic hydroxyl groups is 1. The Morgan fingerprint density at radius 1 is 1.42 bits per heavy atom. The highest BCUT2D eigenvalue weighted by atomic mass is 16.5. The third kappa shape index (κ3) is 4.16. The SMILES string of the molecule is CC1C(N)CCC(C(=O)NCCOCCO)C1(C)C. The summed E-state index contributed by atoms with van der Waals surface area (Å²) in [4.78, 5) is 12.2. The van der Waals surface area contributed by atoms with E-state index in [-0.39, 0.29) is 29.9 Å². The molecular formula is C14H28N2O3. The molecule has 112 valence electrons. The van der Waals surface area contributed by atoms with Crippen LogP contribution >= 0.6 is 0 Å². The molecule has 0 radical (unpaired) electrons. The maximum absolute atomic E-state index is 12.2. The molecule has 0 spiro atoms. The van der Waals surface area contributed by atoms with Crippen molar-refractivity contribution in [1.29, 1.82) is 0 Å². The molecule has 5 nitrogen and oxygen atoms in total. The number of carbonyl (C=O) groups excluding carboxylic acids is 1. The summed E-state index contributed by atoms with van der Waals surface area (Å²) in [5.74, 6) is 0.444. The predicted octanol–water partition coefficient (Wildman–Crippen LogP) is 0.511. The highest BCUT2D eigenvalue weighted by Crippen LogP contribution is 2.44. The van der Waals surface area contributed by atoms with Crippen LogP contribution in [0.5, 0.6) is 0 Å². The van der Waals surface area contributed by atoms with Gasteiger partial charge in [-0.3, -0.25) is 4.79 Å². The maximum Gasteiger partial charge on any atom is 0.223 e. The molecule has 0 aromatic rings. The third-order valence-corrected chi connectivity index (χ3v) is 4.60. The van der Waals surface area contributed by atoms with E-state index in [4.69, 9.17) is 15.6 Å². The predicted molar refractivity (Wildman–Crippen MR) is 74.6 cm³/mol. The van der Waals surface area contributed by atoms with E-state index >= 15 is 0 Å². The van der Waals surface area contributed by atoms with Crippen molar-refractivity contribution in [3.8, 4) is 0 Å². The highest BCUT2D eigenvalue weighted by Gasteiger charge is 2.44. The lowest BCUT2D eigenvalue weighted by Crippen LogP contribution is -2.51. The molecule has 3 atom stereocenters. The van der Waals surface area contributed by atoms with Gasteiger partial charge < -0.3 is 20.9 Å². The fourth-order valence-electron chi connectivity index (χ4n) is 2.86. The monoisotopic (exact) mass is 272 g/mol. The number of nitrogens with two attached hydrogens (primary N) is 1. The van der Waals surface area contributed by atoms with Crippen LogP contribution in [0, 0.1) is 17.3 Å². The highest BCUT2D eigenvalue weighted by molar-refractivity contribution is 5.79. The normalized spacial score (nSPS) is 30.1. The zero-order valence-electron chi connectivity index (χ0n) is 12.3. The van der Waals surface area contributed by atoms with E-state index < -0.39 is 0 Å². The summed E-state index contributed by atoms with van der Waals surface area (Å²) in [7, 11) is 0. The van der Waals surface area contributed by atoms with E-state index in [1.807, 2.05) is 0 Å². The van der Waals surface area contributed by atoms with Crippen LogP contribution in [0.3, 0.4) is 0 Å². The van der Waals surface area contributed by atoms with Gasteiger partial charge in [0.05, 0.1) is 19.8 Å². The first kappa shape index (κ1) is 16.4. The maximum atomic E-state index is 12.2. The van der Waals surface area contributed by atoms with Gasteiger partial charge in [0.25, 0.3) is 0 Å². The van der Waals surface area contributed by atoms with Crippen LogP contribution in [0.25, 0.3) is 0 Å². The van der Waals surface area contributed by atoms with Crippen LogP contribution in [0.4, 0.5) is 0 Å². The summed E-state index contributed by atoms with van der Waals surface area (Å²) in [5, 5.41) is 11.5. The van der Waals surface area contributed by atoms with Gasteiger partial charge >= 0.3 is 0 Å². The summed E-state index contributed by atoms with van der Waals surface area (Å²) >= 11 is 0. The summed E-state index contributed by atoms with van der Waals surface area (Å²) in [6.45, 7) is 7.65. The van der Waals surface area contributed by atoms with Gasteiger partial charge in [0.1, 0.15) is 0 Å². The van der Waals surface area contributed by atoms with E-state index in [9.17, 15) is 4.79 Å². The molecule has 0 aromatic carbocycles. The van der Waals surface area contributed by atoms with Gasteiger partial charge in [-0.1, -0.05) is 20.8 Å². The number of aliphatic hydroxyl groups excluding tert-OH is 1. The van der Waals surface area contributed by atoms with Gasteiger partial charge in [-0.15, -0.1) is 0 Å². The van der Waals surface area contributed by atoms with Gasteiger partial charge in [0.2, 0.25) is 5.91 Å². The van der Waals surface area contributed by atoms with Crippen molar-refractivity contribution >= 4 is 5.91 Å². The summed E-state index contributed by atoms with van der Waals surface area (Å²) in [5.41, 5.74) is 6.02. The minimum absolute atomic E-state index is 0.0129. The number of rotatable bonds is 6. The lowest BCUT2D eigenvalue weighted by Gasteiger charge is -2.46. The Hall–Kier alpha value is -0.650. The smallest absolute Gasteiger partial charge is 0.223 e. The van der Waals surface area contributed by atoms with Crippen LogP contribution in [0.1, 0.15) is 33.6 Å². The van der Waals surface area contributed by atoms with Crippen molar-refractivity contribution in [3.05, 3.63) is 0 Å². The van der Waals surface area contributed by atoms with Gasteiger partial charge in [-0.25, -0.2) is 0 Å². The summed E-state index contributed by atoms with van der Waals surface area (Å²) in [6, 6.07) is 0.187. The first-order valence-electron chi connectivity index (χ1n) is 7.13. The molecule has 0 aromatic heterocycles. The van der Waals surface area contributed by atoms with E-state index in [0.717, 1.165) is 12.8 Å². The molecule has 0 heterocycles. The molecule has 1 aliphatic carbocycles. The molecule has 0 bridgehead atoms. The molecule has 0 aliphatic heterocycles. The number of ether oxygens (including phenoxy) is 1. The minimum atomic E-state index is -0.0757. The van der Waals surface area contributed by atoms with Crippen molar-refractivity contribution in [3.63, 3.8) is 0 Å². The Morgan fingerprint density at radius 3 is 2.74 bits per heavy atom. The minimum Gasteiger partial charge on any atom is -0.394 e. The van der Waals surface area contributed by atoms with E-state index in [0.29, 0.717) is 25.7 Å². The molecule has 1 aliphatic rings. The van der Waals surface area contributed by atoms with Gasteiger partial charge in [-0.05, 0) is 24.2 Å². The summed E-state index contributed by atoms with van der Waals surface area (Å²) < 4.78 is 5.13. The second-order valence-corrected chi connectivity index (χ2v) is 6.03. The molecule has 1 rings (SSSR count). The topological polar surface area (TPSA) is 84.6 Å². The number of hydrogen-bond acceptors (Lipinski definition) is 4. The third-order valence-electron chi connectivity index (χ3n) is 4.60. The van der Waals surface area contributed by atoms with E-state index in [2.05, 4.69) is 26.1 Å². The number of amides is 1. The van der Waals surface area contributed by atoms with Crippen LogP contribution in [-0.2, 0) is 9.53 Å². The molecule has 4 N–H and O–H groups in total. The quantitative estimate of drug-likeness (QED) is 0.615. The second kappa shape index (κ2) is 7.22. The van der Waals surface area contributed by atoms with Crippen molar-refractivity contribution < 1.29 is 14.6 Å². The van der Waals surface area contributed by atoms with Crippen molar-refractivity contribution in [2.75, 3.05) is 26.4 Å². The molecule has 1 amide bonds. The molecule has 1 saturated carbocycles. The standard InChI is InChI=1S/C14H28N2O3/c1-10-12(15)5-4-11(14(10,2)3)13(18)16-6-8-19-9-7-17/h10-12,17H,4-9,15H2,1-3H3,(H,16,18). The first-order valence-corrected chi connectivity index (χ1v) is 7.13. The average Bonchev–Trinajstić information content (AvgIpc) is 2.35. The molecule has 1 fully saturated rings. The van der Waals surface area contributed by atoms with Crippen LogP contribution in [-0.4, -0.2) is 43.4 Å². The number of hydrogen-bond donors (Lipinski definition) is 3. The van der Waals surface area contributed by atoms with Crippen LogP contribution in [0.15, 0.2) is 0 Å². The fourth-order valence-corrected chi connectivity index (χ4v) is 2.86. The second-order valence-electron chi connectivity index (χ2n) is 6.03. The molecule has 0 saturated heterocycles. The van der Waals surface area contributed by atoms with Crippen LogP contribution < -0.4 is 11.1 Å². The number of nitrogens with one attached hydrogen (secondary N) is 1. The Labute approximate surface area is 115 Å².